The van der Waals surface area contributed by atoms with Gasteiger partial charge in [-0.1, -0.05) is 33.8 Å². The van der Waals surface area contributed by atoms with Crippen LogP contribution in [0.1, 0.15) is 33.3 Å². The summed E-state index contributed by atoms with van der Waals surface area (Å²) in [4.78, 5) is 0. The van der Waals surface area contributed by atoms with Crippen molar-refractivity contribution in [2.24, 2.45) is 5.41 Å². The summed E-state index contributed by atoms with van der Waals surface area (Å²) >= 11 is 3.23. The van der Waals surface area contributed by atoms with Crippen molar-refractivity contribution in [3.05, 3.63) is 34.1 Å². The second-order valence-corrected chi connectivity index (χ2v) is 6.48. The maximum atomic E-state index is 13.1. The molecule has 1 nitrogen and oxygen atoms in total. The molecule has 0 saturated heterocycles. The first kappa shape index (κ1) is 14.7. The van der Waals surface area contributed by atoms with E-state index in [4.69, 9.17) is 0 Å². The van der Waals surface area contributed by atoms with Gasteiger partial charge in [-0.05, 0) is 45.5 Å². The molecule has 0 spiro atoms. The van der Waals surface area contributed by atoms with Gasteiger partial charge in [0.2, 0.25) is 0 Å². The topological polar surface area (TPSA) is 12.0 Å². The second kappa shape index (κ2) is 5.96. The van der Waals surface area contributed by atoms with Crippen molar-refractivity contribution in [1.29, 1.82) is 0 Å². The highest BCUT2D eigenvalue weighted by Crippen LogP contribution is 2.24. The Morgan fingerprint density at radius 2 is 2.00 bits per heavy atom. The summed E-state index contributed by atoms with van der Waals surface area (Å²) in [6, 6.07) is 5.74. The Morgan fingerprint density at radius 3 is 2.53 bits per heavy atom. The van der Waals surface area contributed by atoms with Crippen molar-refractivity contribution in [1.82, 2.24) is 5.32 Å². The van der Waals surface area contributed by atoms with E-state index in [9.17, 15) is 4.39 Å². The minimum atomic E-state index is -0.202. The SMILES string of the molecule is CC(C)NCC(C)(C)Cc1ccc(F)c(Br)c1. The first-order valence-electron chi connectivity index (χ1n) is 5.97. The van der Waals surface area contributed by atoms with Gasteiger partial charge in [-0.2, -0.15) is 0 Å². The van der Waals surface area contributed by atoms with Crippen molar-refractivity contribution >= 4 is 15.9 Å². The molecule has 0 radical (unpaired) electrons. The van der Waals surface area contributed by atoms with Gasteiger partial charge in [-0.3, -0.25) is 0 Å². The lowest BCUT2D eigenvalue weighted by molar-refractivity contribution is 0.325. The molecule has 0 heterocycles. The quantitative estimate of drug-likeness (QED) is 0.861. The second-order valence-electron chi connectivity index (χ2n) is 5.63. The van der Waals surface area contributed by atoms with Gasteiger partial charge >= 0.3 is 0 Å². The maximum absolute atomic E-state index is 13.1. The number of hydrogen-bond acceptors (Lipinski definition) is 1. The fourth-order valence-corrected chi connectivity index (χ4v) is 2.17. The zero-order valence-electron chi connectivity index (χ0n) is 11.0. The Bertz CT molecular complexity index is 374. The largest absolute Gasteiger partial charge is 0.314 e. The molecule has 3 heteroatoms. The molecule has 1 aromatic rings. The summed E-state index contributed by atoms with van der Waals surface area (Å²) in [5.74, 6) is -0.202. The zero-order chi connectivity index (χ0) is 13.1. The summed E-state index contributed by atoms with van der Waals surface area (Å²) in [6.07, 6.45) is 0.936. The number of nitrogens with one attached hydrogen (secondary N) is 1. The monoisotopic (exact) mass is 301 g/mol. The van der Waals surface area contributed by atoms with Crippen molar-refractivity contribution in [3.8, 4) is 0 Å². The molecule has 0 aliphatic heterocycles. The van der Waals surface area contributed by atoms with Crippen LogP contribution in [0, 0.1) is 11.2 Å². The predicted molar refractivity (Wildman–Crippen MR) is 74.7 cm³/mol. The normalized spacial score (nSPS) is 12.2. The molecule has 0 aliphatic rings. The molecule has 1 N–H and O–H groups in total. The minimum absolute atomic E-state index is 0.168. The summed E-state index contributed by atoms with van der Waals surface area (Å²) in [7, 11) is 0. The number of hydrogen-bond donors (Lipinski definition) is 1. The van der Waals surface area contributed by atoms with Crippen molar-refractivity contribution < 1.29 is 4.39 Å². The minimum Gasteiger partial charge on any atom is -0.314 e. The van der Waals surface area contributed by atoms with Gasteiger partial charge in [0.05, 0.1) is 4.47 Å². The molecular weight excluding hydrogens is 281 g/mol. The number of halogens is 2. The van der Waals surface area contributed by atoms with Gasteiger partial charge in [0.15, 0.2) is 0 Å². The van der Waals surface area contributed by atoms with Crippen molar-refractivity contribution in [2.45, 2.75) is 40.2 Å². The van der Waals surface area contributed by atoms with Crippen LogP contribution in [0.4, 0.5) is 4.39 Å². The van der Waals surface area contributed by atoms with Crippen LogP contribution in [0.3, 0.4) is 0 Å². The molecular formula is C14H21BrFN. The summed E-state index contributed by atoms with van der Waals surface area (Å²) in [5, 5.41) is 3.45. The summed E-state index contributed by atoms with van der Waals surface area (Å²) in [5.41, 5.74) is 1.33. The van der Waals surface area contributed by atoms with Crippen molar-refractivity contribution in [3.63, 3.8) is 0 Å². The van der Waals surface area contributed by atoms with Crippen LogP contribution in [0.5, 0.6) is 0 Å². The molecule has 1 aromatic carbocycles. The Labute approximate surface area is 112 Å². The molecule has 1 rings (SSSR count). The van der Waals surface area contributed by atoms with Gasteiger partial charge in [0.25, 0.3) is 0 Å². The highest BCUT2D eigenvalue weighted by atomic mass is 79.9. The van der Waals surface area contributed by atoms with E-state index in [1.54, 1.807) is 0 Å². The Morgan fingerprint density at radius 1 is 1.35 bits per heavy atom. The van der Waals surface area contributed by atoms with Gasteiger partial charge in [0, 0.05) is 12.6 Å². The summed E-state index contributed by atoms with van der Waals surface area (Å²) < 4.78 is 13.7. The van der Waals surface area contributed by atoms with Crippen LogP contribution in [0.15, 0.2) is 22.7 Å². The Kier molecular flexibility index (Phi) is 5.14. The molecule has 0 atom stereocenters. The van der Waals surface area contributed by atoms with E-state index in [2.05, 4.69) is 48.9 Å². The fraction of sp³-hybridized carbons (Fsp3) is 0.571. The van der Waals surface area contributed by atoms with E-state index >= 15 is 0 Å². The lowest BCUT2D eigenvalue weighted by Gasteiger charge is -2.26. The van der Waals surface area contributed by atoms with Crippen LogP contribution in [0.2, 0.25) is 0 Å². The van der Waals surface area contributed by atoms with Crippen molar-refractivity contribution in [2.75, 3.05) is 6.54 Å². The zero-order valence-corrected chi connectivity index (χ0v) is 12.6. The van der Waals surface area contributed by atoms with Crippen LogP contribution in [-0.2, 0) is 6.42 Å². The highest BCUT2D eigenvalue weighted by molar-refractivity contribution is 9.10. The summed E-state index contributed by atoms with van der Waals surface area (Å²) in [6.45, 7) is 9.69. The molecule has 96 valence electrons. The van der Waals surface area contributed by atoms with Gasteiger partial charge in [-0.15, -0.1) is 0 Å². The molecule has 0 aromatic heterocycles. The smallest absolute Gasteiger partial charge is 0.137 e. The third-order valence-electron chi connectivity index (χ3n) is 2.66. The average Bonchev–Trinajstić information content (AvgIpc) is 2.21. The molecule has 0 aliphatic carbocycles. The van der Waals surface area contributed by atoms with Crippen LogP contribution in [0.25, 0.3) is 0 Å². The standard InChI is InChI=1S/C14H21BrFN/c1-10(2)17-9-14(3,4)8-11-5-6-13(16)12(15)7-11/h5-7,10,17H,8-9H2,1-4H3. The predicted octanol–water partition coefficient (Wildman–Crippen LogP) is 4.15. The van der Waals surface area contributed by atoms with E-state index < -0.39 is 0 Å². The maximum Gasteiger partial charge on any atom is 0.137 e. The van der Waals surface area contributed by atoms with Crippen LogP contribution >= 0.6 is 15.9 Å². The molecule has 0 fully saturated rings. The van der Waals surface area contributed by atoms with Gasteiger partial charge in [0.1, 0.15) is 5.82 Å². The number of rotatable bonds is 5. The van der Waals surface area contributed by atoms with E-state index in [0.29, 0.717) is 10.5 Å². The molecule has 17 heavy (non-hydrogen) atoms. The van der Waals surface area contributed by atoms with E-state index in [0.717, 1.165) is 18.5 Å². The first-order valence-corrected chi connectivity index (χ1v) is 6.77. The molecule has 0 saturated carbocycles. The van der Waals surface area contributed by atoms with Crippen LogP contribution < -0.4 is 5.32 Å². The van der Waals surface area contributed by atoms with Gasteiger partial charge < -0.3 is 5.32 Å². The third kappa shape index (κ3) is 5.17. The number of benzene rings is 1. The third-order valence-corrected chi connectivity index (χ3v) is 3.26. The fourth-order valence-electron chi connectivity index (χ4n) is 1.75. The van der Waals surface area contributed by atoms with E-state index in [1.807, 2.05) is 12.1 Å². The lowest BCUT2D eigenvalue weighted by atomic mass is 9.85. The van der Waals surface area contributed by atoms with E-state index in [-0.39, 0.29) is 11.2 Å². The highest BCUT2D eigenvalue weighted by Gasteiger charge is 2.19. The van der Waals surface area contributed by atoms with E-state index in [1.165, 1.54) is 6.07 Å². The van der Waals surface area contributed by atoms with Gasteiger partial charge in [-0.25, -0.2) is 4.39 Å². The molecule has 0 bridgehead atoms. The Hall–Kier alpha value is -0.410. The molecule has 0 unspecified atom stereocenters. The van der Waals surface area contributed by atoms with Crippen LogP contribution in [-0.4, -0.2) is 12.6 Å². The molecule has 0 amide bonds. The Balaban J connectivity index is 2.65. The lowest BCUT2D eigenvalue weighted by Crippen LogP contribution is -2.35. The average molecular weight is 302 g/mol. The first-order chi connectivity index (χ1) is 7.80.